The molecular weight excluding hydrogens is 258 g/mol. The Bertz CT molecular complexity index is 456. The van der Waals surface area contributed by atoms with E-state index in [2.05, 4.69) is 30.3 Å². The first-order valence-electron chi connectivity index (χ1n) is 7.23. The molecule has 0 saturated carbocycles. The van der Waals surface area contributed by atoms with Gasteiger partial charge in [-0.1, -0.05) is 30.5 Å². The molecule has 1 unspecified atom stereocenters. The molecule has 0 spiro atoms. The maximum Gasteiger partial charge on any atom is 0.0891 e. The zero-order valence-corrected chi connectivity index (χ0v) is 12.9. The number of aryl methyl sites for hydroxylation is 2. The zero-order chi connectivity index (χ0) is 13.8. The highest BCUT2D eigenvalue weighted by Gasteiger charge is 2.14. The minimum absolute atomic E-state index is 0.627. The van der Waals surface area contributed by atoms with Gasteiger partial charge >= 0.3 is 0 Å². The second-order valence-corrected chi connectivity index (χ2v) is 5.84. The van der Waals surface area contributed by atoms with Crippen LogP contribution in [0.1, 0.15) is 50.9 Å². The standard InChI is InChI=1S/C15H24ClN3/c1-4-13-15(16)14(19(3)18-13)10-11(2)9-12-7-5-6-8-17-12/h10,12,17H,4-9H2,1-3H3/b11-10-. The summed E-state index contributed by atoms with van der Waals surface area (Å²) in [5.74, 6) is 0. The fourth-order valence-corrected chi connectivity index (χ4v) is 3.08. The van der Waals surface area contributed by atoms with Crippen LogP contribution in [0, 0.1) is 0 Å². The lowest BCUT2D eigenvalue weighted by Crippen LogP contribution is -2.33. The van der Waals surface area contributed by atoms with Crippen LogP contribution in [0.25, 0.3) is 6.08 Å². The molecule has 2 heterocycles. The summed E-state index contributed by atoms with van der Waals surface area (Å²) in [6.45, 7) is 5.43. The van der Waals surface area contributed by atoms with Crippen LogP contribution in [-0.4, -0.2) is 22.4 Å². The number of piperidine rings is 1. The molecule has 106 valence electrons. The van der Waals surface area contributed by atoms with E-state index in [4.69, 9.17) is 11.6 Å². The van der Waals surface area contributed by atoms with E-state index in [9.17, 15) is 0 Å². The van der Waals surface area contributed by atoms with Crippen LogP contribution in [0.3, 0.4) is 0 Å². The van der Waals surface area contributed by atoms with Crippen LogP contribution in [0.15, 0.2) is 5.57 Å². The molecule has 1 aliphatic rings. The fraction of sp³-hybridized carbons (Fsp3) is 0.667. The van der Waals surface area contributed by atoms with Crippen LogP contribution in [0.5, 0.6) is 0 Å². The molecule has 1 N–H and O–H groups in total. The Balaban J connectivity index is 2.09. The van der Waals surface area contributed by atoms with Gasteiger partial charge in [-0.05, 0) is 45.2 Å². The van der Waals surface area contributed by atoms with Crippen molar-refractivity contribution in [3.8, 4) is 0 Å². The number of aromatic nitrogens is 2. The minimum atomic E-state index is 0.627. The largest absolute Gasteiger partial charge is 0.314 e. The van der Waals surface area contributed by atoms with Crippen molar-refractivity contribution in [2.45, 2.75) is 52.0 Å². The van der Waals surface area contributed by atoms with Crippen LogP contribution in [-0.2, 0) is 13.5 Å². The third kappa shape index (κ3) is 3.61. The van der Waals surface area contributed by atoms with E-state index in [1.165, 1.54) is 24.8 Å². The first-order valence-corrected chi connectivity index (χ1v) is 7.61. The summed E-state index contributed by atoms with van der Waals surface area (Å²) >= 11 is 6.37. The van der Waals surface area contributed by atoms with Gasteiger partial charge in [-0.3, -0.25) is 4.68 Å². The highest BCUT2D eigenvalue weighted by molar-refractivity contribution is 6.32. The van der Waals surface area contributed by atoms with E-state index < -0.39 is 0 Å². The van der Waals surface area contributed by atoms with Crippen molar-refractivity contribution in [2.75, 3.05) is 6.54 Å². The van der Waals surface area contributed by atoms with Crippen molar-refractivity contribution in [3.05, 3.63) is 22.0 Å². The number of nitrogens with one attached hydrogen (secondary N) is 1. The predicted octanol–water partition coefficient (Wildman–Crippen LogP) is 3.57. The molecule has 1 aromatic rings. The number of hydrogen-bond donors (Lipinski definition) is 1. The molecule has 0 amide bonds. The van der Waals surface area contributed by atoms with E-state index in [0.29, 0.717) is 6.04 Å². The van der Waals surface area contributed by atoms with Gasteiger partial charge in [-0.2, -0.15) is 5.10 Å². The molecule has 0 radical (unpaired) electrons. The summed E-state index contributed by atoms with van der Waals surface area (Å²) in [5.41, 5.74) is 3.39. The molecule has 3 nitrogen and oxygen atoms in total. The van der Waals surface area contributed by atoms with E-state index >= 15 is 0 Å². The van der Waals surface area contributed by atoms with E-state index in [1.807, 2.05) is 11.7 Å². The monoisotopic (exact) mass is 281 g/mol. The highest BCUT2D eigenvalue weighted by atomic mass is 35.5. The third-order valence-electron chi connectivity index (χ3n) is 3.80. The molecule has 1 aliphatic heterocycles. The normalized spacial score (nSPS) is 20.8. The predicted molar refractivity (Wildman–Crippen MR) is 81.5 cm³/mol. The quantitative estimate of drug-likeness (QED) is 0.914. The second-order valence-electron chi connectivity index (χ2n) is 5.46. The molecule has 1 fully saturated rings. The first-order chi connectivity index (χ1) is 9.11. The Morgan fingerprint density at radius 1 is 1.53 bits per heavy atom. The van der Waals surface area contributed by atoms with Gasteiger partial charge in [-0.15, -0.1) is 0 Å². The van der Waals surface area contributed by atoms with Gasteiger partial charge in [0.25, 0.3) is 0 Å². The van der Waals surface area contributed by atoms with E-state index in [1.54, 1.807) is 0 Å². The van der Waals surface area contributed by atoms with Crippen LogP contribution < -0.4 is 5.32 Å². The molecule has 1 saturated heterocycles. The van der Waals surface area contributed by atoms with Gasteiger partial charge in [0.05, 0.1) is 16.4 Å². The van der Waals surface area contributed by atoms with Crippen molar-refractivity contribution in [1.29, 1.82) is 0 Å². The maximum absolute atomic E-state index is 6.37. The number of rotatable bonds is 4. The molecule has 19 heavy (non-hydrogen) atoms. The van der Waals surface area contributed by atoms with Gasteiger partial charge < -0.3 is 5.32 Å². The number of halogens is 1. The van der Waals surface area contributed by atoms with Gasteiger partial charge in [-0.25, -0.2) is 0 Å². The summed E-state index contributed by atoms with van der Waals surface area (Å²) < 4.78 is 1.89. The summed E-state index contributed by atoms with van der Waals surface area (Å²) in [6.07, 6.45) is 8.10. The Morgan fingerprint density at radius 3 is 2.89 bits per heavy atom. The summed E-state index contributed by atoms with van der Waals surface area (Å²) in [5, 5.41) is 8.84. The molecule has 2 rings (SSSR count). The smallest absolute Gasteiger partial charge is 0.0891 e. The Labute approximate surface area is 121 Å². The van der Waals surface area contributed by atoms with E-state index in [0.717, 1.165) is 35.8 Å². The average molecular weight is 282 g/mol. The van der Waals surface area contributed by atoms with Gasteiger partial charge in [0.1, 0.15) is 0 Å². The fourth-order valence-electron chi connectivity index (χ4n) is 2.73. The number of hydrogen-bond acceptors (Lipinski definition) is 2. The van der Waals surface area contributed by atoms with Gasteiger partial charge in [0.2, 0.25) is 0 Å². The zero-order valence-electron chi connectivity index (χ0n) is 12.2. The van der Waals surface area contributed by atoms with Crippen molar-refractivity contribution < 1.29 is 0 Å². The van der Waals surface area contributed by atoms with Crippen LogP contribution >= 0.6 is 11.6 Å². The van der Waals surface area contributed by atoms with E-state index in [-0.39, 0.29) is 0 Å². The summed E-state index contributed by atoms with van der Waals surface area (Å²) in [7, 11) is 1.96. The average Bonchev–Trinajstić information content (AvgIpc) is 2.67. The van der Waals surface area contributed by atoms with Gasteiger partial charge in [0.15, 0.2) is 0 Å². The number of nitrogens with zero attached hydrogens (tertiary/aromatic N) is 2. The van der Waals surface area contributed by atoms with Gasteiger partial charge in [0, 0.05) is 13.1 Å². The lowest BCUT2D eigenvalue weighted by atomic mass is 9.98. The minimum Gasteiger partial charge on any atom is -0.314 e. The lowest BCUT2D eigenvalue weighted by molar-refractivity contribution is 0.399. The molecule has 4 heteroatoms. The second kappa shape index (κ2) is 6.58. The Morgan fingerprint density at radius 2 is 2.32 bits per heavy atom. The summed E-state index contributed by atoms with van der Waals surface area (Å²) in [4.78, 5) is 0. The molecule has 0 aromatic carbocycles. The molecular formula is C15H24ClN3. The molecule has 1 atom stereocenters. The topological polar surface area (TPSA) is 29.9 Å². The van der Waals surface area contributed by atoms with Crippen molar-refractivity contribution in [2.24, 2.45) is 7.05 Å². The lowest BCUT2D eigenvalue weighted by Gasteiger charge is -2.23. The van der Waals surface area contributed by atoms with Crippen molar-refractivity contribution >= 4 is 17.7 Å². The highest BCUT2D eigenvalue weighted by Crippen LogP contribution is 2.24. The molecule has 1 aromatic heterocycles. The Hall–Kier alpha value is -0.800. The summed E-state index contributed by atoms with van der Waals surface area (Å²) in [6, 6.07) is 0.627. The van der Waals surface area contributed by atoms with Crippen LogP contribution in [0.2, 0.25) is 5.02 Å². The SMILES string of the molecule is CCc1nn(C)c(/C=C(/C)CC2CCCCN2)c1Cl. The van der Waals surface area contributed by atoms with Crippen molar-refractivity contribution in [3.63, 3.8) is 0 Å². The van der Waals surface area contributed by atoms with Crippen molar-refractivity contribution in [1.82, 2.24) is 15.1 Å². The molecule has 0 bridgehead atoms. The Kier molecular flexibility index (Phi) is 5.06. The van der Waals surface area contributed by atoms with Crippen LogP contribution in [0.4, 0.5) is 0 Å². The molecule has 0 aliphatic carbocycles. The maximum atomic E-state index is 6.37. The first kappa shape index (κ1) is 14.6. The third-order valence-corrected chi connectivity index (χ3v) is 4.21.